The third kappa shape index (κ3) is 1.75. The van der Waals surface area contributed by atoms with Crippen LogP contribution in [0.25, 0.3) is 0 Å². The minimum atomic E-state index is -0.626. The molecule has 1 heterocycles. The maximum absolute atomic E-state index is 14.0. The quantitative estimate of drug-likeness (QED) is 0.742. The monoisotopic (exact) mass is 223 g/mol. The molecule has 1 atom stereocenters. The number of carbonyl (C=O) groups excluding carboxylic acids is 1. The van der Waals surface area contributed by atoms with E-state index in [-0.39, 0.29) is 5.56 Å². The molecule has 1 N–H and O–H groups in total. The summed E-state index contributed by atoms with van der Waals surface area (Å²) in [6.45, 7) is 2.88. The summed E-state index contributed by atoms with van der Waals surface area (Å²) in [5.41, 5.74) is 1.38. The van der Waals surface area contributed by atoms with Crippen LogP contribution in [0.3, 0.4) is 0 Å². The number of hydrogen-bond donors (Lipinski definition) is 1. The first-order valence-corrected chi connectivity index (χ1v) is 5.27. The van der Waals surface area contributed by atoms with Gasteiger partial charge in [0.2, 0.25) is 0 Å². The average Bonchev–Trinajstić information content (AvgIpc) is 2.29. The molecule has 86 valence electrons. The highest BCUT2D eigenvalue weighted by molar-refractivity contribution is 5.90. The third-order valence-corrected chi connectivity index (χ3v) is 2.84. The molecule has 0 aromatic heterocycles. The topological polar surface area (TPSA) is 38.3 Å². The van der Waals surface area contributed by atoms with Crippen molar-refractivity contribution in [1.29, 1.82) is 0 Å². The lowest BCUT2D eigenvalue weighted by Gasteiger charge is -2.24. The molecule has 0 aliphatic carbocycles. The van der Waals surface area contributed by atoms with Crippen molar-refractivity contribution in [3.8, 4) is 0 Å². The summed E-state index contributed by atoms with van der Waals surface area (Å²) in [5.74, 6) is -0.711. The maximum atomic E-state index is 14.0. The molecule has 0 amide bonds. The molecule has 4 heteroatoms. The first-order chi connectivity index (χ1) is 7.63. The Kier molecular flexibility index (Phi) is 2.81. The SMILES string of the molecule is COC(=O)c1ccc2c(c1F)C[C@@H](C)CN2. The van der Waals surface area contributed by atoms with Crippen molar-refractivity contribution in [2.24, 2.45) is 5.92 Å². The molecule has 16 heavy (non-hydrogen) atoms. The number of hydrogen-bond acceptors (Lipinski definition) is 3. The van der Waals surface area contributed by atoms with E-state index in [1.807, 2.05) is 6.92 Å². The van der Waals surface area contributed by atoms with E-state index >= 15 is 0 Å². The lowest BCUT2D eigenvalue weighted by Crippen LogP contribution is -2.22. The smallest absolute Gasteiger partial charge is 0.340 e. The van der Waals surface area contributed by atoms with Gasteiger partial charge in [0.05, 0.1) is 12.7 Å². The molecule has 1 aliphatic rings. The fraction of sp³-hybridized carbons (Fsp3) is 0.417. The van der Waals surface area contributed by atoms with Crippen LogP contribution >= 0.6 is 0 Å². The van der Waals surface area contributed by atoms with Crippen molar-refractivity contribution >= 4 is 11.7 Å². The van der Waals surface area contributed by atoms with Crippen LogP contribution in [0.1, 0.15) is 22.8 Å². The molecule has 0 radical (unpaired) electrons. The van der Waals surface area contributed by atoms with Gasteiger partial charge in [0.1, 0.15) is 5.82 Å². The summed E-state index contributed by atoms with van der Waals surface area (Å²) in [6, 6.07) is 3.19. The highest BCUT2D eigenvalue weighted by Crippen LogP contribution is 2.29. The van der Waals surface area contributed by atoms with Crippen LogP contribution in [0.5, 0.6) is 0 Å². The van der Waals surface area contributed by atoms with E-state index in [1.165, 1.54) is 13.2 Å². The van der Waals surface area contributed by atoms with Gasteiger partial charge in [-0.15, -0.1) is 0 Å². The summed E-state index contributed by atoms with van der Waals surface area (Å²) in [4.78, 5) is 11.3. The molecule has 0 unspecified atom stereocenters. The number of esters is 1. The van der Waals surface area contributed by atoms with Crippen LogP contribution in [0.15, 0.2) is 12.1 Å². The Morgan fingerprint density at radius 1 is 1.56 bits per heavy atom. The summed E-state index contributed by atoms with van der Waals surface area (Å²) in [7, 11) is 1.25. The Morgan fingerprint density at radius 2 is 2.31 bits per heavy atom. The maximum Gasteiger partial charge on any atom is 0.340 e. The highest BCUT2D eigenvalue weighted by Gasteiger charge is 2.23. The van der Waals surface area contributed by atoms with Gasteiger partial charge in [-0.1, -0.05) is 6.92 Å². The Labute approximate surface area is 93.6 Å². The number of nitrogens with one attached hydrogen (secondary N) is 1. The lowest BCUT2D eigenvalue weighted by molar-refractivity contribution is 0.0595. The van der Waals surface area contributed by atoms with Gasteiger partial charge in [0, 0.05) is 17.8 Å². The van der Waals surface area contributed by atoms with E-state index in [4.69, 9.17) is 0 Å². The van der Waals surface area contributed by atoms with Crippen molar-refractivity contribution in [2.45, 2.75) is 13.3 Å². The number of rotatable bonds is 1. The van der Waals surface area contributed by atoms with E-state index in [0.717, 1.165) is 12.2 Å². The van der Waals surface area contributed by atoms with Crippen molar-refractivity contribution in [3.63, 3.8) is 0 Å². The first-order valence-electron chi connectivity index (χ1n) is 5.27. The molecule has 1 aromatic rings. The van der Waals surface area contributed by atoms with Gasteiger partial charge in [0.25, 0.3) is 0 Å². The fourth-order valence-electron chi connectivity index (χ4n) is 1.96. The number of methoxy groups -OCH3 is 1. The van der Waals surface area contributed by atoms with Crippen molar-refractivity contribution < 1.29 is 13.9 Å². The largest absolute Gasteiger partial charge is 0.465 e. The highest BCUT2D eigenvalue weighted by atomic mass is 19.1. The molecular weight excluding hydrogens is 209 g/mol. The normalized spacial score (nSPS) is 18.6. The van der Waals surface area contributed by atoms with E-state index < -0.39 is 11.8 Å². The van der Waals surface area contributed by atoms with Crippen LogP contribution in [0.2, 0.25) is 0 Å². The van der Waals surface area contributed by atoms with Crippen molar-refractivity contribution in [2.75, 3.05) is 19.0 Å². The summed E-state index contributed by atoms with van der Waals surface area (Å²) in [6.07, 6.45) is 0.652. The van der Waals surface area contributed by atoms with Gasteiger partial charge in [-0.3, -0.25) is 0 Å². The predicted molar refractivity (Wildman–Crippen MR) is 59.1 cm³/mol. The van der Waals surface area contributed by atoms with E-state index in [2.05, 4.69) is 10.1 Å². The van der Waals surface area contributed by atoms with Crippen molar-refractivity contribution in [3.05, 3.63) is 29.1 Å². The minimum absolute atomic E-state index is 0.0113. The molecule has 2 rings (SSSR count). The Hall–Kier alpha value is -1.58. The zero-order valence-corrected chi connectivity index (χ0v) is 9.34. The third-order valence-electron chi connectivity index (χ3n) is 2.84. The van der Waals surface area contributed by atoms with Gasteiger partial charge in [0.15, 0.2) is 0 Å². The number of benzene rings is 1. The number of fused-ring (bicyclic) bond motifs is 1. The zero-order chi connectivity index (χ0) is 11.7. The lowest BCUT2D eigenvalue weighted by atomic mass is 9.93. The van der Waals surface area contributed by atoms with E-state index in [1.54, 1.807) is 6.07 Å². The molecular formula is C12H14FNO2. The average molecular weight is 223 g/mol. The molecule has 1 aliphatic heterocycles. The zero-order valence-electron chi connectivity index (χ0n) is 9.34. The van der Waals surface area contributed by atoms with Crippen LogP contribution in [-0.2, 0) is 11.2 Å². The van der Waals surface area contributed by atoms with Gasteiger partial charge < -0.3 is 10.1 Å². The van der Waals surface area contributed by atoms with Crippen LogP contribution in [0, 0.1) is 11.7 Å². The van der Waals surface area contributed by atoms with Gasteiger partial charge >= 0.3 is 5.97 Å². The Bertz CT molecular complexity index is 431. The molecule has 0 saturated carbocycles. The Morgan fingerprint density at radius 3 is 3.00 bits per heavy atom. The molecule has 0 saturated heterocycles. The van der Waals surface area contributed by atoms with E-state index in [9.17, 15) is 9.18 Å². The van der Waals surface area contributed by atoms with Crippen LogP contribution in [-0.4, -0.2) is 19.6 Å². The predicted octanol–water partition coefficient (Wildman–Crippen LogP) is 2.22. The number of halogens is 1. The molecule has 0 bridgehead atoms. The molecule has 1 aromatic carbocycles. The van der Waals surface area contributed by atoms with Gasteiger partial charge in [-0.05, 0) is 24.5 Å². The Balaban J connectivity index is 2.46. The van der Waals surface area contributed by atoms with Crippen molar-refractivity contribution in [1.82, 2.24) is 0 Å². The molecule has 3 nitrogen and oxygen atoms in total. The second kappa shape index (κ2) is 4.12. The fourth-order valence-corrected chi connectivity index (χ4v) is 1.96. The van der Waals surface area contributed by atoms with Gasteiger partial charge in [-0.25, -0.2) is 9.18 Å². The van der Waals surface area contributed by atoms with Crippen LogP contribution in [0.4, 0.5) is 10.1 Å². The number of carbonyl (C=O) groups is 1. The van der Waals surface area contributed by atoms with E-state index in [0.29, 0.717) is 17.9 Å². The second-order valence-corrected chi connectivity index (χ2v) is 4.13. The first kappa shape index (κ1) is 10.9. The second-order valence-electron chi connectivity index (χ2n) is 4.13. The molecule has 0 spiro atoms. The van der Waals surface area contributed by atoms with Crippen LogP contribution < -0.4 is 5.32 Å². The number of anilines is 1. The molecule has 0 fully saturated rings. The summed E-state index contributed by atoms with van der Waals surface area (Å²) < 4.78 is 18.6. The minimum Gasteiger partial charge on any atom is -0.465 e. The summed E-state index contributed by atoms with van der Waals surface area (Å²) >= 11 is 0. The summed E-state index contributed by atoms with van der Waals surface area (Å²) in [5, 5.41) is 3.15. The number of ether oxygens (including phenoxy) is 1. The standard InChI is InChI=1S/C12H14FNO2/c1-7-5-9-10(14-6-7)4-3-8(11(9)13)12(15)16-2/h3-4,7,14H,5-6H2,1-2H3/t7-/m1/s1. The van der Waals surface area contributed by atoms with Gasteiger partial charge in [-0.2, -0.15) is 0 Å².